The number of hydrogen-bond acceptors (Lipinski definition) is 1. The van der Waals surface area contributed by atoms with Crippen LogP contribution in [-0.4, -0.2) is 25.5 Å². The van der Waals surface area contributed by atoms with E-state index in [1.165, 1.54) is 48.8 Å². The molecule has 0 aliphatic carbocycles. The van der Waals surface area contributed by atoms with Crippen molar-refractivity contribution in [2.45, 2.75) is 25.7 Å². The summed E-state index contributed by atoms with van der Waals surface area (Å²) in [5.74, 6) is -0.466. The maximum Gasteiger partial charge on any atom is 0.279 e. The second kappa shape index (κ2) is 6.87. The highest BCUT2D eigenvalue weighted by Gasteiger charge is 2.17. The summed E-state index contributed by atoms with van der Waals surface area (Å²) in [5, 5.41) is 2.98. The lowest BCUT2D eigenvalue weighted by Crippen LogP contribution is -3.12. The van der Waals surface area contributed by atoms with Gasteiger partial charge in [-0.25, -0.2) is 4.39 Å². The Morgan fingerprint density at radius 1 is 1.26 bits per heavy atom. The smallest absolute Gasteiger partial charge is 0.279 e. The van der Waals surface area contributed by atoms with Crippen molar-refractivity contribution in [3.63, 3.8) is 0 Å². The molecule has 5 heteroatoms. The molecule has 3 nitrogen and oxygen atoms in total. The molecule has 104 valence electrons. The molecule has 2 N–H and O–H groups in total. The molecular weight excluding hydrogens is 267 g/mol. The van der Waals surface area contributed by atoms with Crippen molar-refractivity contribution in [1.82, 2.24) is 0 Å². The van der Waals surface area contributed by atoms with E-state index < -0.39 is 5.82 Å². The maximum absolute atomic E-state index is 12.9. The van der Waals surface area contributed by atoms with Crippen LogP contribution in [0, 0.1) is 5.82 Å². The second-order valence-electron chi connectivity index (χ2n) is 5.01. The van der Waals surface area contributed by atoms with Gasteiger partial charge in [0.05, 0.1) is 23.8 Å². The molecule has 1 aliphatic rings. The summed E-state index contributed by atoms with van der Waals surface area (Å²) in [6, 6.07) is 3.99. The van der Waals surface area contributed by atoms with Crippen LogP contribution in [0.3, 0.4) is 0 Å². The first kappa shape index (κ1) is 14.3. The fourth-order valence-electron chi connectivity index (χ4n) is 2.42. The molecule has 0 bridgehead atoms. The van der Waals surface area contributed by atoms with Crippen LogP contribution in [0.15, 0.2) is 18.2 Å². The van der Waals surface area contributed by atoms with Crippen LogP contribution in [0.4, 0.5) is 10.1 Å². The van der Waals surface area contributed by atoms with Gasteiger partial charge in [-0.3, -0.25) is 4.79 Å². The zero-order chi connectivity index (χ0) is 13.7. The van der Waals surface area contributed by atoms with Crippen molar-refractivity contribution in [2.24, 2.45) is 0 Å². The van der Waals surface area contributed by atoms with E-state index in [1.807, 2.05) is 0 Å². The van der Waals surface area contributed by atoms with Crippen LogP contribution in [-0.2, 0) is 4.79 Å². The van der Waals surface area contributed by atoms with Crippen molar-refractivity contribution in [3.05, 3.63) is 29.0 Å². The molecule has 0 unspecified atom stereocenters. The Bertz CT molecular complexity index is 445. The van der Waals surface area contributed by atoms with Crippen LogP contribution < -0.4 is 10.2 Å². The van der Waals surface area contributed by atoms with Crippen LogP contribution in [0.1, 0.15) is 25.7 Å². The van der Waals surface area contributed by atoms with Gasteiger partial charge in [0.15, 0.2) is 6.54 Å². The molecule has 1 fully saturated rings. The van der Waals surface area contributed by atoms with Gasteiger partial charge in [-0.2, -0.15) is 0 Å². The van der Waals surface area contributed by atoms with Crippen molar-refractivity contribution >= 4 is 23.2 Å². The standard InChI is InChI=1S/C14H18ClFN2O/c15-12-9-11(16)5-6-13(12)17-14(19)10-18-7-3-1-2-4-8-18/h5-6,9H,1-4,7-8,10H2,(H,17,19)/p+1. The number of nitrogens with one attached hydrogen (secondary N) is 2. The lowest BCUT2D eigenvalue weighted by atomic mass is 10.2. The van der Waals surface area contributed by atoms with E-state index in [-0.39, 0.29) is 10.9 Å². The van der Waals surface area contributed by atoms with E-state index in [4.69, 9.17) is 11.6 Å². The molecular formula is C14H19ClFN2O+. The molecule has 2 rings (SSSR count). The number of quaternary nitrogens is 1. The molecule has 0 atom stereocenters. The Balaban J connectivity index is 1.89. The van der Waals surface area contributed by atoms with Gasteiger partial charge in [0.1, 0.15) is 5.82 Å². The van der Waals surface area contributed by atoms with E-state index in [1.54, 1.807) is 0 Å². The van der Waals surface area contributed by atoms with Gasteiger partial charge in [0, 0.05) is 0 Å². The fourth-order valence-corrected chi connectivity index (χ4v) is 2.63. The van der Waals surface area contributed by atoms with Gasteiger partial charge in [0.2, 0.25) is 0 Å². The highest BCUT2D eigenvalue weighted by atomic mass is 35.5. The van der Waals surface area contributed by atoms with Crippen molar-refractivity contribution in [1.29, 1.82) is 0 Å². The normalized spacial score (nSPS) is 16.9. The second-order valence-corrected chi connectivity index (χ2v) is 5.42. The molecule has 1 aromatic carbocycles. The van der Waals surface area contributed by atoms with Crippen molar-refractivity contribution in [2.75, 3.05) is 25.0 Å². The average Bonchev–Trinajstić information content (AvgIpc) is 2.61. The fraction of sp³-hybridized carbons (Fsp3) is 0.500. The first-order chi connectivity index (χ1) is 9.15. The largest absolute Gasteiger partial charge is 0.327 e. The molecule has 1 saturated heterocycles. The molecule has 1 heterocycles. The molecule has 0 spiro atoms. The molecule has 0 radical (unpaired) electrons. The SMILES string of the molecule is O=C(C[NH+]1CCCCCC1)Nc1ccc(F)cc1Cl. The summed E-state index contributed by atoms with van der Waals surface area (Å²) >= 11 is 5.88. The summed E-state index contributed by atoms with van der Waals surface area (Å²) in [5.41, 5.74) is 0.474. The number of anilines is 1. The number of benzene rings is 1. The molecule has 1 amide bonds. The third kappa shape index (κ3) is 4.48. The zero-order valence-corrected chi connectivity index (χ0v) is 11.6. The Morgan fingerprint density at radius 2 is 1.95 bits per heavy atom. The minimum Gasteiger partial charge on any atom is -0.327 e. The maximum atomic E-state index is 12.9. The summed E-state index contributed by atoms with van der Waals surface area (Å²) in [6.07, 6.45) is 4.88. The molecule has 0 aromatic heterocycles. The molecule has 19 heavy (non-hydrogen) atoms. The quantitative estimate of drug-likeness (QED) is 0.873. The number of carbonyl (C=O) groups is 1. The average molecular weight is 286 g/mol. The van der Waals surface area contributed by atoms with Crippen LogP contribution in [0.2, 0.25) is 5.02 Å². The van der Waals surface area contributed by atoms with Gasteiger partial charge < -0.3 is 10.2 Å². The number of carbonyl (C=O) groups excluding carboxylic acids is 1. The highest BCUT2D eigenvalue weighted by Crippen LogP contribution is 2.21. The third-order valence-electron chi connectivity index (χ3n) is 3.43. The van der Waals surface area contributed by atoms with E-state index in [0.717, 1.165) is 13.1 Å². The van der Waals surface area contributed by atoms with E-state index in [0.29, 0.717) is 12.2 Å². The third-order valence-corrected chi connectivity index (χ3v) is 3.74. The van der Waals surface area contributed by atoms with Gasteiger partial charge in [-0.15, -0.1) is 0 Å². The van der Waals surface area contributed by atoms with E-state index in [2.05, 4.69) is 5.32 Å². The Hall–Kier alpha value is -1.13. The van der Waals surface area contributed by atoms with Crippen molar-refractivity contribution < 1.29 is 14.1 Å². The number of likely N-dealkylation sites (tertiary alicyclic amines) is 1. The topological polar surface area (TPSA) is 33.5 Å². The Kier molecular flexibility index (Phi) is 5.16. The summed E-state index contributed by atoms with van der Waals surface area (Å²) in [4.78, 5) is 13.3. The Labute approximate surface area is 117 Å². The van der Waals surface area contributed by atoms with E-state index >= 15 is 0 Å². The minimum atomic E-state index is -0.402. The highest BCUT2D eigenvalue weighted by molar-refractivity contribution is 6.33. The lowest BCUT2D eigenvalue weighted by molar-refractivity contribution is -0.890. The molecule has 1 aromatic rings. The van der Waals surface area contributed by atoms with Gasteiger partial charge in [-0.1, -0.05) is 11.6 Å². The summed E-state index contributed by atoms with van der Waals surface area (Å²) in [6.45, 7) is 2.54. The predicted molar refractivity (Wildman–Crippen MR) is 74.1 cm³/mol. The van der Waals surface area contributed by atoms with Gasteiger partial charge in [-0.05, 0) is 43.9 Å². The predicted octanol–water partition coefficient (Wildman–Crippen LogP) is 1.88. The minimum absolute atomic E-state index is 0.0644. The van der Waals surface area contributed by atoms with Gasteiger partial charge in [0.25, 0.3) is 5.91 Å². The Morgan fingerprint density at radius 3 is 2.58 bits per heavy atom. The van der Waals surface area contributed by atoms with Crippen molar-refractivity contribution in [3.8, 4) is 0 Å². The number of amides is 1. The van der Waals surface area contributed by atoms with Crippen LogP contribution in [0.5, 0.6) is 0 Å². The zero-order valence-electron chi connectivity index (χ0n) is 10.8. The molecule has 1 aliphatic heterocycles. The van der Waals surface area contributed by atoms with Crippen LogP contribution in [0.25, 0.3) is 0 Å². The first-order valence-corrected chi connectivity index (χ1v) is 7.11. The van der Waals surface area contributed by atoms with E-state index in [9.17, 15) is 9.18 Å². The van der Waals surface area contributed by atoms with Crippen LogP contribution >= 0.6 is 11.6 Å². The van der Waals surface area contributed by atoms with Gasteiger partial charge >= 0.3 is 0 Å². The number of rotatable bonds is 3. The molecule has 0 saturated carbocycles. The summed E-state index contributed by atoms with van der Waals surface area (Å²) < 4.78 is 12.9. The lowest BCUT2D eigenvalue weighted by Gasteiger charge is -2.16. The summed E-state index contributed by atoms with van der Waals surface area (Å²) in [7, 11) is 0. The first-order valence-electron chi connectivity index (χ1n) is 6.73. The number of halogens is 2. The number of hydrogen-bond donors (Lipinski definition) is 2. The monoisotopic (exact) mass is 285 g/mol.